The number of unbranched alkanes of at least 4 members (excludes halogenated alkanes) is 2. The third-order valence-electron chi connectivity index (χ3n) is 7.27. The lowest BCUT2D eigenvalue weighted by Crippen LogP contribution is -2.25. The first kappa shape index (κ1) is 20.6. The zero-order chi connectivity index (χ0) is 19.2. The molecule has 0 amide bonds. The van der Waals surface area contributed by atoms with Crippen LogP contribution in [-0.2, 0) is 6.42 Å². The molecule has 2 heteroatoms. The summed E-state index contributed by atoms with van der Waals surface area (Å²) in [6.45, 7) is 6.07. The van der Waals surface area contributed by atoms with Crippen molar-refractivity contribution < 1.29 is 8.78 Å². The summed E-state index contributed by atoms with van der Waals surface area (Å²) >= 11 is 0. The number of halogens is 2. The molecule has 150 valence electrons. The molecule has 2 fully saturated rings. The van der Waals surface area contributed by atoms with Crippen molar-refractivity contribution >= 4 is 0 Å². The Morgan fingerprint density at radius 1 is 0.889 bits per heavy atom. The van der Waals surface area contributed by atoms with Gasteiger partial charge in [-0.2, -0.15) is 0 Å². The van der Waals surface area contributed by atoms with Gasteiger partial charge >= 0.3 is 0 Å². The molecule has 27 heavy (non-hydrogen) atoms. The van der Waals surface area contributed by atoms with E-state index >= 15 is 0 Å². The van der Waals surface area contributed by atoms with Crippen LogP contribution >= 0.6 is 0 Å². The summed E-state index contributed by atoms with van der Waals surface area (Å²) in [6.07, 6.45) is 15.5. The fourth-order valence-electron chi connectivity index (χ4n) is 5.43. The zero-order valence-corrected chi connectivity index (χ0v) is 17.0. The fourth-order valence-corrected chi connectivity index (χ4v) is 5.43. The summed E-state index contributed by atoms with van der Waals surface area (Å²) in [5.41, 5.74) is 1.18. The van der Waals surface area contributed by atoms with E-state index < -0.39 is 11.6 Å². The van der Waals surface area contributed by atoms with Gasteiger partial charge in [-0.3, -0.25) is 0 Å². The van der Waals surface area contributed by atoms with Crippen LogP contribution in [0.2, 0.25) is 0 Å². The predicted octanol–water partition coefficient (Wildman–Crippen LogP) is 7.96. The van der Waals surface area contributed by atoms with E-state index in [4.69, 9.17) is 0 Å². The van der Waals surface area contributed by atoms with Gasteiger partial charge in [-0.1, -0.05) is 38.0 Å². The number of hydrogen-bond acceptors (Lipinski definition) is 0. The Balaban J connectivity index is 1.56. The van der Waals surface area contributed by atoms with Crippen LogP contribution in [0.15, 0.2) is 24.8 Å². The summed E-state index contributed by atoms with van der Waals surface area (Å²) in [5, 5.41) is 0. The van der Waals surface area contributed by atoms with E-state index in [-0.39, 0.29) is 5.92 Å². The first-order chi connectivity index (χ1) is 13.1. The molecule has 0 saturated heterocycles. The van der Waals surface area contributed by atoms with E-state index in [2.05, 4.69) is 19.6 Å². The van der Waals surface area contributed by atoms with Crippen molar-refractivity contribution in [2.75, 3.05) is 0 Å². The number of aryl methyl sites for hydroxylation is 1. The van der Waals surface area contributed by atoms with E-state index in [1.807, 2.05) is 12.1 Å². The second-order valence-electron chi connectivity index (χ2n) is 8.92. The van der Waals surface area contributed by atoms with E-state index in [1.54, 1.807) is 0 Å². The Kier molecular flexibility index (Phi) is 7.49. The highest BCUT2D eigenvalue weighted by atomic mass is 19.2. The molecule has 0 unspecified atom stereocenters. The molecule has 0 nitrogen and oxygen atoms in total. The van der Waals surface area contributed by atoms with Crippen LogP contribution in [0.5, 0.6) is 0 Å². The number of hydrogen-bond donors (Lipinski definition) is 0. The maximum atomic E-state index is 14.7. The monoisotopic (exact) mass is 374 g/mol. The molecule has 2 saturated carbocycles. The highest BCUT2D eigenvalue weighted by Gasteiger charge is 2.32. The average molecular weight is 375 g/mol. The minimum absolute atomic E-state index is 0.199. The fraction of sp³-hybridized carbons (Fsp3) is 0.680. The summed E-state index contributed by atoms with van der Waals surface area (Å²) in [4.78, 5) is 0. The molecule has 0 bridgehead atoms. The predicted molar refractivity (Wildman–Crippen MR) is 110 cm³/mol. The summed E-state index contributed by atoms with van der Waals surface area (Å²) < 4.78 is 29.2. The summed E-state index contributed by atoms with van der Waals surface area (Å²) in [5.74, 6) is 1.38. The second kappa shape index (κ2) is 9.85. The van der Waals surface area contributed by atoms with Crippen LogP contribution in [0, 0.1) is 29.4 Å². The van der Waals surface area contributed by atoms with Crippen molar-refractivity contribution in [3.63, 3.8) is 0 Å². The molecule has 2 aliphatic carbocycles. The summed E-state index contributed by atoms with van der Waals surface area (Å²) in [6, 6.07) is 3.71. The third-order valence-corrected chi connectivity index (χ3v) is 7.27. The number of rotatable bonds is 7. The molecule has 2 aliphatic rings. The van der Waals surface area contributed by atoms with Gasteiger partial charge in [0.15, 0.2) is 11.6 Å². The molecule has 0 aliphatic heterocycles. The first-order valence-electron chi connectivity index (χ1n) is 11.2. The van der Waals surface area contributed by atoms with Crippen molar-refractivity contribution in [2.24, 2.45) is 17.8 Å². The topological polar surface area (TPSA) is 0 Å². The van der Waals surface area contributed by atoms with Crippen LogP contribution in [0.25, 0.3) is 0 Å². The molecule has 1 aromatic rings. The lowest BCUT2D eigenvalue weighted by molar-refractivity contribution is 0.170. The molecule has 3 rings (SSSR count). The first-order valence-corrected chi connectivity index (χ1v) is 11.2. The van der Waals surface area contributed by atoms with E-state index in [1.165, 1.54) is 38.5 Å². The van der Waals surface area contributed by atoms with Crippen molar-refractivity contribution in [1.82, 2.24) is 0 Å². The summed E-state index contributed by atoms with van der Waals surface area (Å²) in [7, 11) is 0. The Morgan fingerprint density at radius 2 is 1.52 bits per heavy atom. The van der Waals surface area contributed by atoms with Crippen LogP contribution in [0.3, 0.4) is 0 Å². The minimum atomic E-state index is -0.589. The smallest absolute Gasteiger partial charge is 0.162 e. The Labute approximate surface area is 164 Å². The number of benzene rings is 1. The van der Waals surface area contributed by atoms with Gasteiger partial charge in [0.1, 0.15) is 0 Å². The van der Waals surface area contributed by atoms with Crippen molar-refractivity contribution in [1.29, 1.82) is 0 Å². The number of allylic oxidation sites excluding steroid dienone is 1. The normalized spacial score (nSPS) is 28.9. The Bertz CT molecular complexity index is 605. The molecule has 0 aromatic heterocycles. The standard InChI is InChI=1S/C25H36F2/c1-3-5-6-7-22-16-17-23(25(27)24(22)26)21-14-12-20(13-15-21)19-10-8-18(4-2)9-11-19/h4,16-21H,2-3,5-15H2,1H3. The van der Waals surface area contributed by atoms with E-state index in [0.717, 1.165) is 43.9 Å². The Morgan fingerprint density at radius 3 is 2.11 bits per heavy atom. The zero-order valence-electron chi connectivity index (χ0n) is 17.0. The highest BCUT2D eigenvalue weighted by molar-refractivity contribution is 5.29. The van der Waals surface area contributed by atoms with Crippen LogP contribution in [-0.4, -0.2) is 0 Å². The van der Waals surface area contributed by atoms with Gasteiger partial charge in [0, 0.05) is 0 Å². The van der Waals surface area contributed by atoms with Gasteiger partial charge in [-0.15, -0.1) is 6.58 Å². The van der Waals surface area contributed by atoms with Gasteiger partial charge < -0.3 is 0 Å². The van der Waals surface area contributed by atoms with Gasteiger partial charge in [-0.05, 0) is 99.0 Å². The van der Waals surface area contributed by atoms with Crippen LogP contribution in [0.4, 0.5) is 8.78 Å². The molecule has 0 spiro atoms. The van der Waals surface area contributed by atoms with Gasteiger partial charge in [-0.25, -0.2) is 8.78 Å². The quantitative estimate of drug-likeness (QED) is 0.335. The van der Waals surface area contributed by atoms with Crippen LogP contribution < -0.4 is 0 Å². The minimum Gasteiger partial charge on any atom is -0.203 e. The molecule has 0 radical (unpaired) electrons. The molecular formula is C25H36F2. The van der Waals surface area contributed by atoms with Crippen molar-refractivity contribution in [3.8, 4) is 0 Å². The van der Waals surface area contributed by atoms with E-state index in [9.17, 15) is 8.78 Å². The second-order valence-corrected chi connectivity index (χ2v) is 8.92. The van der Waals surface area contributed by atoms with Crippen molar-refractivity contribution in [2.45, 2.75) is 89.9 Å². The maximum absolute atomic E-state index is 14.7. The molecule has 0 atom stereocenters. The largest absolute Gasteiger partial charge is 0.203 e. The average Bonchev–Trinajstić information content (AvgIpc) is 2.72. The molecule has 0 heterocycles. The molecule has 1 aromatic carbocycles. The molecule has 0 N–H and O–H groups in total. The third kappa shape index (κ3) is 5.00. The molecular weight excluding hydrogens is 338 g/mol. The van der Waals surface area contributed by atoms with Crippen LogP contribution in [0.1, 0.15) is 94.6 Å². The van der Waals surface area contributed by atoms with Gasteiger partial charge in [0.2, 0.25) is 0 Å². The Hall–Kier alpha value is -1.18. The maximum Gasteiger partial charge on any atom is 0.162 e. The highest BCUT2D eigenvalue weighted by Crippen LogP contribution is 2.44. The SMILES string of the molecule is C=CC1CCC(C2CCC(c3ccc(CCCCC)c(F)c3F)CC2)CC1. The van der Waals surface area contributed by atoms with Gasteiger partial charge in [0.05, 0.1) is 0 Å². The lowest BCUT2D eigenvalue weighted by atomic mass is 9.68. The van der Waals surface area contributed by atoms with Crippen molar-refractivity contribution in [3.05, 3.63) is 47.5 Å². The van der Waals surface area contributed by atoms with Gasteiger partial charge in [0.25, 0.3) is 0 Å². The lowest BCUT2D eigenvalue weighted by Gasteiger charge is -2.37. The van der Waals surface area contributed by atoms with E-state index in [0.29, 0.717) is 23.5 Å².